The lowest BCUT2D eigenvalue weighted by Crippen LogP contribution is -2.27. The Morgan fingerprint density at radius 2 is 2.23 bits per heavy atom. The lowest BCUT2D eigenvalue weighted by Gasteiger charge is -2.09. The average molecular weight is 352 g/mol. The molecule has 132 valence electrons. The summed E-state index contributed by atoms with van der Waals surface area (Å²) >= 11 is 0. The minimum atomic E-state index is -0.336. The molecule has 1 amide bonds. The lowest BCUT2D eigenvalue weighted by atomic mass is 9.94. The predicted octanol–water partition coefficient (Wildman–Crippen LogP) is 2.22. The number of fused-ring (bicyclic) bond motifs is 1. The molecule has 8 heteroatoms. The summed E-state index contributed by atoms with van der Waals surface area (Å²) < 4.78 is 10.6. The van der Waals surface area contributed by atoms with E-state index in [9.17, 15) is 9.59 Å². The van der Waals surface area contributed by atoms with E-state index in [0.717, 1.165) is 12.0 Å². The van der Waals surface area contributed by atoms with E-state index in [4.69, 9.17) is 8.94 Å². The van der Waals surface area contributed by atoms with Crippen LogP contribution in [0.1, 0.15) is 45.2 Å². The Kier molecular flexibility index (Phi) is 4.30. The van der Waals surface area contributed by atoms with Gasteiger partial charge in [0.25, 0.3) is 5.91 Å². The number of hydrogen-bond donors (Lipinski definition) is 1. The van der Waals surface area contributed by atoms with Crippen LogP contribution in [0.15, 0.2) is 39.7 Å². The standard InChI is InChI=1S/C18H16N4O4/c23-13-4-1-5-14-16(13)12(10-25-14)18(24)20-8-6-15-21-17(22-26-15)11-3-2-7-19-9-11/h2-3,7,9-10H,1,4-6,8H2,(H,20,24). The van der Waals surface area contributed by atoms with Gasteiger partial charge in [0, 0.05) is 43.8 Å². The zero-order chi connectivity index (χ0) is 17.9. The smallest absolute Gasteiger partial charge is 0.255 e. The minimum Gasteiger partial charge on any atom is -0.468 e. The van der Waals surface area contributed by atoms with Gasteiger partial charge in [-0.05, 0) is 18.6 Å². The van der Waals surface area contributed by atoms with Gasteiger partial charge in [-0.15, -0.1) is 0 Å². The van der Waals surface area contributed by atoms with E-state index in [1.807, 2.05) is 6.07 Å². The van der Waals surface area contributed by atoms with Gasteiger partial charge in [0.1, 0.15) is 12.0 Å². The van der Waals surface area contributed by atoms with Gasteiger partial charge in [-0.1, -0.05) is 5.16 Å². The Bertz CT molecular complexity index is 945. The van der Waals surface area contributed by atoms with Crippen molar-refractivity contribution in [2.45, 2.75) is 25.7 Å². The molecule has 1 aliphatic carbocycles. The van der Waals surface area contributed by atoms with Gasteiger partial charge in [-0.25, -0.2) is 0 Å². The van der Waals surface area contributed by atoms with Gasteiger partial charge in [-0.2, -0.15) is 4.98 Å². The van der Waals surface area contributed by atoms with Crippen LogP contribution in [0.4, 0.5) is 0 Å². The van der Waals surface area contributed by atoms with Gasteiger partial charge in [0.15, 0.2) is 5.78 Å². The molecule has 0 bridgehead atoms. The van der Waals surface area contributed by atoms with Crippen LogP contribution < -0.4 is 5.32 Å². The maximum atomic E-state index is 12.3. The fraction of sp³-hybridized carbons (Fsp3) is 0.278. The molecule has 0 radical (unpaired) electrons. The van der Waals surface area contributed by atoms with E-state index in [0.29, 0.717) is 54.4 Å². The highest BCUT2D eigenvalue weighted by atomic mass is 16.5. The molecular formula is C18H16N4O4. The number of hydrogen-bond acceptors (Lipinski definition) is 7. The third-order valence-corrected chi connectivity index (χ3v) is 4.21. The van der Waals surface area contributed by atoms with Crippen LogP contribution in [0.25, 0.3) is 11.4 Å². The Balaban J connectivity index is 1.37. The van der Waals surface area contributed by atoms with Crippen LogP contribution in [0.3, 0.4) is 0 Å². The van der Waals surface area contributed by atoms with Gasteiger partial charge in [0.05, 0.1) is 11.1 Å². The predicted molar refractivity (Wildman–Crippen MR) is 89.5 cm³/mol. The number of ketones is 1. The first-order valence-corrected chi connectivity index (χ1v) is 8.37. The summed E-state index contributed by atoms with van der Waals surface area (Å²) in [5, 5.41) is 6.67. The number of rotatable bonds is 5. The van der Waals surface area contributed by atoms with E-state index in [1.165, 1.54) is 6.26 Å². The Morgan fingerprint density at radius 3 is 3.08 bits per heavy atom. The van der Waals surface area contributed by atoms with E-state index in [2.05, 4.69) is 20.4 Å². The monoisotopic (exact) mass is 352 g/mol. The zero-order valence-corrected chi connectivity index (χ0v) is 13.9. The molecule has 0 unspecified atom stereocenters. The van der Waals surface area contributed by atoms with Crippen LogP contribution in [0.2, 0.25) is 0 Å². The van der Waals surface area contributed by atoms with Crippen LogP contribution >= 0.6 is 0 Å². The molecule has 3 aromatic heterocycles. The number of carbonyl (C=O) groups is 2. The van der Waals surface area contributed by atoms with E-state index in [-0.39, 0.29) is 11.7 Å². The number of aryl methyl sites for hydroxylation is 1. The first kappa shape index (κ1) is 16.2. The maximum absolute atomic E-state index is 12.3. The fourth-order valence-corrected chi connectivity index (χ4v) is 2.94. The molecule has 0 saturated carbocycles. The molecule has 0 aromatic carbocycles. The molecule has 0 spiro atoms. The molecule has 3 heterocycles. The summed E-state index contributed by atoms with van der Waals surface area (Å²) in [7, 11) is 0. The van der Waals surface area contributed by atoms with Crippen molar-refractivity contribution < 1.29 is 18.5 Å². The number of nitrogens with zero attached hydrogens (tertiary/aromatic N) is 3. The molecule has 4 rings (SSSR count). The third-order valence-electron chi connectivity index (χ3n) is 4.21. The normalized spacial score (nSPS) is 13.5. The molecule has 0 atom stereocenters. The van der Waals surface area contributed by atoms with Crippen molar-refractivity contribution >= 4 is 11.7 Å². The van der Waals surface area contributed by atoms with Gasteiger partial charge >= 0.3 is 0 Å². The molecule has 1 aliphatic rings. The number of pyridine rings is 1. The number of Topliss-reactive ketones (excluding diaryl/α,β-unsaturated/α-hetero) is 1. The molecular weight excluding hydrogens is 336 g/mol. The zero-order valence-electron chi connectivity index (χ0n) is 13.9. The minimum absolute atomic E-state index is 0.0387. The first-order valence-electron chi connectivity index (χ1n) is 8.37. The second-order valence-electron chi connectivity index (χ2n) is 5.98. The molecule has 8 nitrogen and oxygen atoms in total. The molecule has 3 aromatic rings. The van der Waals surface area contributed by atoms with Crippen molar-refractivity contribution in [3.8, 4) is 11.4 Å². The Hall–Kier alpha value is -3.29. The van der Waals surface area contributed by atoms with Crippen molar-refractivity contribution in [1.82, 2.24) is 20.4 Å². The summed E-state index contributed by atoms with van der Waals surface area (Å²) in [6, 6.07) is 3.63. The molecule has 0 fully saturated rings. The quantitative estimate of drug-likeness (QED) is 0.749. The lowest BCUT2D eigenvalue weighted by molar-refractivity contribution is 0.0927. The van der Waals surface area contributed by atoms with Crippen molar-refractivity contribution in [3.63, 3.8) is 0 Å². The van der Waals surface area contributed by atoms with Crippen molar-refractivity contribution in [1.29, 1.82) is 0 Å². The summed E-state index contributed by atoms with van der Waals surface area (Å²) in [4.78, 5) is 32.7. The highest BCUT2D eigenvalue weighted by Gasteiger charge is 2.27. The third kappa shape index (κ3) is 3.13. The topological polar surface area (TPSA) is 111 Å². The first-order chi connectivity index (χ1) is 12.7. The molecule has 1 N–H and O–H groups in total. The van der Waals surface area contributed by atoms with Gasteiger partial charge in [-0.3, -0.25) is 14.6 Å². The van der Waals surface area contributed by atoms with E-state index < -0.39 is 0 Å². The molecule has 26 heavy (non-hydrogen) atoms. The summed E-state index contributed by atoms with van der Waals surface area (Å²) in [5.74, 6) is 1.09. The number of amides is 1. The Labute approximate surface area is 148 Å². The Morgan fingerprint density at radius 1 is 1.31 bits per heavy atom. The van der Waals surface area contributed by atoms with Crippen LogP contribution in [-0.2, 0) is 12.8 Å². The maximum Gasteiger partial charge on any atom is 0.255 e. The van der Waals surface area contributed by atoms with Crippen molar-refractivity contribution in [2.75, 3.05) is 6.54 Å². The van der Waals surface area contributed by atoms with Crippen LogP contribution in [0, 0.1) is 0 Å². The van der Waals surface area contributed by atoms with Crippen molar-refractivity contribution in [2.24, 2.45) is 0 Å². The largest absolute Gasteiger partial charge is 0.468 e. The SMILES string of the molecule is O=C(NCCc1nc(-c2cccnc2)no1)c1coc2c1C(=O)CCC2. The number of aromatic nitrogens is 3. The molecule has 0 saturated heterocycles. The van der Waals surface area contributed by atoms with Gasteiger partial charge in [0.2, 0.25) is 11.7 Å². The second-order valence-corrected chi connectivity index (χ2v) is 5.98. The number of carbonyl (C=O) groups excluding carboxylic acids is 2. The van der Waals surface area contributed by atoms with Crippen LogP contribution in [0.5, 0.6) is 0 Å². The summed E-state index contributed by atoms with van der Waals surface area (Å²) in [5.41, 5.74) is 1.48. The summed E-state index contributed by atoms with van der Waals surface area (Å²) in [6.07, 6.45) is 6.95. The number of nitrogens with one attached hydrogen (secondary N) is 1. The fourth-order valence-electron chi connectivity index (χ4n) is 2.94. The summed E-state index contributed by atoms with van der Waals surface area (Å²) in [6.45, 7) is 0.307. The van der Waals surface area contributed by atoms with E-state index >= 15 is 0 Å². The van der Waals surface area contributed by atoms with E-state index in [1.54, 1.807) is 18.5 Å². The average Bonchev–Trinajstić information content (AvgIpc) is 3.30. The molecule has 0 aliphatic heterocycles. The van der Waals surface area contributed by atoms with Gasteiger partial charge < -0.3 is 14.3 Å². The highest BCUT2D eigenvalue weighted by molar-refractivity contribution is 6.09. The highest BCUT2D eigenvalue weighted by Crippen LogP contribution is 2.26. The number of furan rings is 1. The second kappa shape index (κ2) is 6.91. The van der Waals surface area contributed by atoms with Crippen molar-refractivity contribution in [3.05, 3.63) is 53.6 Å². The van der Waals surface area contributed by atoms with Crippen LogP contribution in [-0.4, -0.2) is 33.4 Å².